The summed E-state index contributed by atoms with van der Waals surface area (Å²) in [5.74, 6) is -0.600. The van der Waals surface area contributed by atoms with Crippen molar-refractivity contribution in [1.29, 1.82) is 0 Å². The van der Waals surface area contributed by atoms with Gasteiger partial charge < -0.3 is 14.9 Å². The highest BCUT2D eigenvalue weighted by atomic mass is 16.5. The number of carbonyl (C=O) groups excluding carboxylic acids is 1. The Morgan fingerprint density at radius 3 is 2.00 bits per heavy atom. The quantitative estimate of drug-likeness (QED) is 0.512. The van der Waals surface area contributed by atoms with Crippen LogP contribution in [0, 0.1) is 5.41 Å². The molecule has 2 N–H and O–H groups in total. The normalized spacial score (nSPS) is 11.2. The largest absolute Gasteiger partial charge is 0.468 e. The van der Waals surface area contributed by atoms with E-state index in [1.165, 1.54) is 14.0 Å². The molecule has 0 fully saturated rings. The van der Waals surface area contributed by atoms with Crippen LogP contribution < -0.4 is 0 Å². The Kier molecular flexibility index (Phi) is 3.32. The van der Waals surface area contributed by atoms with E-state index in [2.05, 4.69) is 4.74 Å². The molecule has 4 heteroatoms. The summed E-state index contributed by atoms with van der Waals surface area (Å²) in [5, 5.41) is 17.3. The van der Waals surface area contributed by atoms with Crippen LogP contribution in [0.25, 0.3) is 0 Å². The fourth-order valence-electron chi connectivity index (χ4n) is 0.425. The molecule has 0 amide bonds. The molecule has 0 aliphatic heterocycles. The number of ether oxygens (including phenoxy) is 1. The second-order valence-electron chi connectivity index (χ2n) is 2.37. The van der Waals surface area contributed by atoms with Crippen LogP contribution in [0.1, 0.15) is 6.92 Å². The van der Waals surface area contributed by atoms with Crippen LogP contribution in [-0.2, 0) is 9.53 Å². The summed E-state index contributed by atoms with van der Waals surface area (Å²) < 4.78 is 4.34. The minimum absolute atomic E-state index is 0.407. The van der Waals surface area contributed by atoms with E-state index in [1.807, 2.05) is 0 Å². The monoisotopic (exact) mass is 148 g/mol. The minimum atomic E-state index is -1.16. The van der Waals surface area contributed by atoms with Crippen LogP contribution in [-0.4, -0.2) is 36.5 Å². The molecule has 0 aromatic heterocycles. The second kappa shape index (κ2) is 3.53. The van der Waals surface area contributed by atoms with Crippen LogP contribution in [0.3, 0.4) is 0 Å². The van der Waals surface area contributed by atoms with Gasteiger partial charge in [0.2, 0.25) is 0 Å². The van der Waals surface area contributed by atoms with Gasteiger partial charge in [-0.15, -0.1) is 0 Å². The van der Waals surface area contributed by atoms with Crippen LogP contribution in [0.15, 0.2) is 0 Å². The lowest BCUT2D eigenvalue weighted by atomic mass is 9.93. The summed E-state index contributed by atoms with van der Waals surface area (Å²) in [7, 11) is 1.21. The van der Waals surface area contributed by atoms with Gasteiger partial charge in [-0.05, 0) is 6.92 Å². The standard InChI is InChI=1S/C6H12O4/c1-6(3-7,4-8)5(9)10-2/h7-8H,3-4H2,1-2H3. The van der Waals surface area contributed by atoms with Gasteiger partial charge in [0.05, 0.1) is 20.3 Å². The number of methoxy groups -OCH3 is 1. The van der Waals surface area contributed by atoms with Crippen LogP contribution >= 0.6 is 0 Å². The Bertz CT molecular complexity index is 117. The predicted molar refractivity (Wildman–Crippen MR) is 34.3 cm³/mol. The van der Waals surface area contributed by atoms with Gasteiger partial charge in [0, 0.05) is 0 Å². The first kappa shape index (κ1) is 9.39. The Morgan fingerprint density at radius 2 is 1.90 bits per heavy atom. The van der Waals surface area contributed by atoms with E-state index in [0.29, 0.717) is 0 Å². The number of hydrogen-bond donors (Lipinski definition) is 2. The summed E-state index contributed by atoms with van der Waals surface area (Å²) in [6, 6.07) is 0. The summed E-state index contributed by atoms with van der Waals surface area (Å²) in [5.41, 5.74) is -1.16. The van der Waals surface area contributed by atoms with Gasteiger partial charge in [-0.3, -0.25) is 4.79 Å². The first-order valence-electron chi connectivity index (χ1n) is 2.91. The fraction of sp³-hybridized carbons (Fsp3) is 0.833. The summed E-state index contributed by atoms with van der Waals surface area (Å²) in [6.07, 6.45) is 0. The third-order valence-corrected chi connectivity index (χ3v) is 1.38. The molecule has 0 saturated heterocycles. The Morgan fingerprint density at radius 1 is 1.50 bits per heavy atom. The zero-order chi connectivity index (χ0) is 8.20. The molecule has 0 atom stereocenters. The maximum atomic E-state index is 10.8. The maximum Gasteiger partial charge on any atom is 0.316 e. The lowest BCUT2D eigenvalue weighted by molar-refractivity contribution is -0.156. The average Bonchev–Trinajstić information content (AvgIpc) is 2.01. The van der Waals surface area contributed by atoms with E-state index in [9.17, 15) is 4.79 Å². The Hall–Kier alpha value is -0.610. The van der Waals surface area contributed by atoms with E-state index in [4.69, 9.17) is 10.2 Å². The van der Waals surface area contributed by atoms with E-state index >= 15 is 0 Å². The first-order valence-corrected chi connectivity index (χ1v) is 2.91. The lowest BCUT2D eigenvalue weighted by Crippen LogP contribution is -2.36. The predicted octanol–water partition coefficient (Wildman–Crippen LogP) is -0.850. The van der Waals surface area contributed by atoms with Gasteiger partial charge in [-0.25, -0.2) is 0 Å². The zero-order valence-corrected chi connectivity index (χ0v) is 6.13. The zero-order valence-electron chi connectivity index (χ0n) is 6.13. The van der Waals surface area contributed by atoms with Gasteiger partial charge in [-0.1, -0.05) is 0 Å². The van der Waals surface area contributed by atoms with Crippen molar-refractivity contribution in [3.05, 3.63) is 0 Å². The molecule has 0 saturated carbocycles. The lowest BCUT2D eigenvalue weighted by Gasteiger charge is -2.20. The highest BCUT2D eigenvalue weighted by Gasteiger charge is 2.32. The number of esters is 1. The highest BCUT2D eigenvalue weighted by Crippen LogP contribution is 2.15. The molecule has 10 heavy (non-hydrogen) atoms. The average molecular weight is 148 g/mol. The molecular formula is C6H12O4. The molecule has 0 spiro atoms. The summed E-state index contributed by atoms with van der Waals surface area (Å²) in [4.78, 5) is 10.8. The number of rotatable bonds is 3. The van der Waals surface area contributed by atoms with Crippen molar-refractivity contribution in [3.8, 4) is 0 Å². The summed E-state index contributed by atoms with van der Waals surface area (Å²) in [6.45, 7) is 0.616. The Balaban J connectivity index is 4.17. The van der Waals surface area contributed by atoms with Gasteiger partial charge in [-0.2, -0.15) is 0 Å². The molecule has 0 radical (unpaired) electrons. The van der Waals surface area contributed by atoms with Gasteiger partial charge in [0.25, 0.3) is 0 Å². The van der Waals surface area contributed by atoms with Crippen molar-refractivity contribution < 1.29 is 19.7 Å². The topological polar surface area (TPSA) is 66.8 Å². The van der Waals surface area contributed by atoms with Gasteiger partial charge in [0.15, 0.2) is 0 Å². The molecule has 60 valence electrons. The fourth-order valence-corrected chi connectivity index (χ4v) is 0.425. The highest BCUT2D eigenvalue weighted by molar-refractivity contribution is 5.76. The molecule has 0 heterocycles. The smallest absolute Gasteiger partial charge is 0.316 e. The molecule has 0 aromatic carbocycles. The number of aliphatic hydroxyl groups excluding tert-OH is 2. The molecule has 0 aliphatic rings. The second-order valence-corrected chi connectivity index (χ2v) is 2.37. The third-order valence-electron chi connectivity index (χ3n) is 1.38. The molecule has 0 rings (SSSR count). The number of aliphatic hydroxyl groups is 2. The van der Waals surface area contributed by atoms with Gasteiger partial charge >= 0.3 is 5.97 Å². The van der Waals surface area contributed by atoms with Gasteiger partial charge in [0.1, 0.15) is 5.41 Å². The van der Waals surface area contributed by atoms with Crippen molar-refractivity contribution >= 4 is 5.97 Å². The van der Waals surface area contributed by atoms with E-state index in [1.54, 1.807) is 0 Å². The summed E-state index contributed by atoms with van der Waals surface area (Å²) >= 11 is 0. The van der Waals surface area contributed by atoms with Crippen molar-refractivity contribution in [2.45, 2.75) is 6.92 Å². The van der Waals surface area contributed by atoms with E-state index < -0.39 is 24.6 Å². The molecule has 4 nitrogen and oxygen atoms in total. The molecule has 0 aliphatic carbocycles. The van der Waals surface area contributed by atoms with E-state index in [0.717, 1.165) is 0 Å². The van der Waals surface area contributed by atoms with E-state index in [-0.39, 0.29) is 0 Å². The van der Waals surface area contributed by atoms with Crippen molar-refractivity contribution in [3.63, 3.8) is 0 Å². The van der Waals surface area contributed by atoms with Crippen LogP contribution in [0.2, 0.25) is 0 Å². The molecule has 0 unspecified atom stereocenters. The SMILES string of the molecule is COC(=O)C(C)(CO)CO. The van der Waals surface area contributed by atoms with Crippen LogP contribution in [0.4, 0.5) is 0 Å². The van der Waals surface area contributed by atoms with Crippen molar-refractivity contribution in [2.24, 2.45) is 5.41 Å². The Labute approximate surface area is 59.4 Å². The molecular weight excluding hydrogens is 136 g/mol. The number of hydrogen-bond acceptors (Lipinski definition) is 4. The number of carbonyl (C=O) groups is 1. The molecule has 0 aromatic rings. The maximum absolute atomic E-state index is 10.8. The third kappa shape index (κ3) is 1.68. The first-order chi connectivity index (χ1) is 4.60. The molecule has 0 bridgehead atoms. The minimum Gasteiger partial charge on any atom is -0.468 e. The van der Waals surface area contributed by atoms with Crippen molar-refractivity contribution in [2.75, 3.05) is 20.3 Å². The van der Waals surface area contributed by atoms with Crippen LogP contribution in [0.5, 0.6) is 0 Å². The van der Waals surface area contributed by atoms with Crippen molar-refractivity contribution in [1.82, 2.24) is 0 Å².